The quantitative estimate of drug-likeness (QED) is 0.104. The third-order valence-electron chi connectivity index (χ3n) is 14.4. The van der Waals surface area contributed by atoms with E-state index in [4.69, 9.17) is 26.8 Å². The largest absolute Gasteiger partial charge is 0.494 e. The van der Waals surface area contributed by atoms with Crippen LogP contribution < -0.4 is 36.1 Å². The number of benzene rings is 4. The monoisotopic (exact) mass is 950 g/mol. The minimum Gasteiger partial charge on any atom is -0.494 e. The van der Waals surface area contributed by atoms with E-state index in [-0.39, 0.29) is 94.9 Å². The first kappa shape index (κ1) is 46.5. The number of anilines is 1. The summed E-state index contributed by atoms with van der Waals surface area (Å²) in [6.07, 6.45) is 4.27. The summed E-state index contributed by atoms with van der Waals surface area (Å²) in [6, 6.07) is 18.9. The predicted molar refractivity (Wildman–Crippen MR) is 251 cm³/mol. The molecule has 1 aliphatic carbocycles. The number of nitrogens with two attached hydrogens (primary N) is 1. The molecule has 4 heterocycles. The van der Waals surface area contributed by atoms with Crippen molar-refractivity contribution in [2.24, 2.45) is 18.7 Å². The Kier molecular flexibility index (Phi) is 12.9. The maximum absolute atomic E-state index is 16.2. The van der Waals surface area contributed by atoms with Crippen LogP contribution in [0.15, 0.2) is 66.7 Å². The number of urea groups is 1. The fraction of sp³-hybridized carbons (Fsp3) is 0.400. The molecule has 9 rings (SSSR count). The lowest BCUT2D eigenvalue weighted by molar-refractivity contribution is -0.135. The van der Waals surface area contributed by atoms with Crippen molar-refractivity contribution in [1.82, 2.24) is 30.6 Å². The standard InChI is InChI=1S/C50H53ClF2N8O7/c1-27-41-38(24-35(52)44(51)43(41)42-34(46(54)64)15-16-37(67-3)45(42)53)68-50(27,31-7-5-4-6-8-31)26-56-32-12-9-29(10-13-32)48(65)55-25-40(63)60-20-17-28(18-21-60)30-11-14-33-36(23-30)59(2)58-47(33)61-22-19-39(62)57-49(61)66/h4-8,11,14-16,23-24,27-29,32,56H,9-10,12-13,17-22,25-26H2,1-3H3,(H2,54,64)(H,55,65)(H,57,62,66). The molecule has 4 aromatic carbocycles. The molecule has 15 nitrogen and oxygen atoms in total. The van der Waals surface area contributed by atoms with E-state index in [1.807, 2.05) is 56.4 Å². The van der Waals surface area contributed by atoms with Crippen molar-refractivity contribution in [2.75, 3.05) is 44.7 Å². The molecule has 18 heteroatoms. The van der Waals surface area contributed by atoms with E-state index in [2.05, 4.69) is 27.1 Å². The molecule has 0 bridgehead atoms. The Balaban J connectivity index is 0.803. The fourth-order valence-corrected chi connectivity index (χ4v) is 10.8. The molecular formula is C50H53ClF2N8O7. The van der Waals surface area contributed by atoms with Gasteiger partial charge in [0.1, 0.15) is 11.6 Å². The van der Waals surface area contributed by atoms with E-state index in [9.17, 15) is 24.0 Å². The second kappa shape index (κ2) is 18.8. The van der Waals surface area contributed by atoms with Crippen molar-refractivity contribution < 1.29 is 42.2 Å². The van der Waals surface area contributed by atoms with Crippen LogP contribution in [0.2, 0.25) is 5.02 Å². The summed E-state index contributed by atoms with van der Waals surface area (Å²) in [7, 11) is 3.11. The Morgan fingerprint density at radius 1 is 0.971 bits per heavy atom. The number of rotatable bonds is 12. The number of hydrogen-bond donors (Lipinski definition) is 4. The van der Waals surface area contributed by atoms with E-state index in [1.54, 1.807) is 9.58 Å². The molecule has 68 heavy (non-hydrogen) atoms. The molecule has 1 saturated carbocycles. The van der Waals surface area contributed by atoms with Crippen molar-refractivity contribution in [1.29, 1.82) is 0 Å². The minimum absolute atomic E-state index is 0.00271. The lowest BCUT2D eigenvalue weighted by Crippen LogP contribution is -2.49. The molecule has 356 valence electrons. The van der Waals surface area contributed by atoms with Crippen LogP contribution in [0.5, 0.6) is 11.5 Å². The van der Waals surface area contributed by atoms with Gasteiger partial charge < -0.3 is 30.7 Å². The zero-order valence-electron chi connectivity index (χ0n) is 38.0. The van der Waals surface area contributed by atoms with Crippen molar-refractivity contribution in [3.8, 4) is 22.6 Å². The van der Waals surface area contributed by atoms with Gasteiger partial charge in [-0.2, -0.15) is 5.10 Å². The van der Waals surface area contributed by atoms with E-state index in [0.717, 1.165) is 34.9 Å². The number of halogens is 3. The Morgan fingerprint density at radius 3 is 2.40 bits per heavy atom. The van der Waals surface area contributed by atoms with Gasteiger partial charge in [-0.3, -0.25) is 34.1 Å². The van der Waals surface area contributed by atoms with Crippen LogP contribution in [0.3, 0.4) is 0 Å². The van der Waals surface area contributed by atoms with Crippen LogP contribution in [0, 0.1) is 17.6 Å². The number of carbonyl (C=O) groups excluding carboxylic acids is 5. The minimum atomic E-state index is -1.12. The second-order valence-electron chi connectivity index (χ2n) is 18.2. The number of primary amides is 1. The lowest BCUT2D eigenvalue weighted by Gasteiger charge is -2.37. The van der Waals surface area contributed by atoms with Crippen LogP contribution in [0.1, 0.15) is 90.8 Å². The summed E-state index contributed by atoms with van der Waals surface area (Å²) < 4.78 is 45.7. The summed E-state index contributed by atoms with van der Waals surface area (Å²) in [6.45, 7) is 3.46. The number of fused-ring (bicyclic) bond motifs is 2. The Hall–Kier alpha value is -6.59. The number of amides is 6. The van der Waals surface area contributed by atoms with Gasteiger partial charge in [0.05, 0.1) is 29.8 Å². The Labute approximate surface area is 396 Å². The van der Waals surface area contributed by atoms with Gasteiger partial charge in [-0.1, -0.05) is 54.9 Å². The van der Waals surface area contributed by atoms with Crippen molar-refractivity contribution in [3.63, 3.8) is 0 Å². The number of imide groups is 1. The molecule has 5 N–H and O–H groups in total. The number of nitrogens with zero attached hydrogens (tertiary/aromatic N) is 4. The molecule has 6 amide bonds. The number of ether oxygens (including phenoxy) is 2. The van der Waals surface area contributed by atoms with E-state index >= 15 is 8.78 Å². The van der Waals surface area contributed by atoms with E-state index < -0.39 is 35.1 Å². The number of aryl methyl sites for hydroxylation is 1. The highest BCUT2D eigenvalue weighted by molar-refractivity contribution is 6.34. The van der Waals surface area contributed by atoms with Gasteiger partial charge in [-0.05, 0) is 79.8 Å². The summed E-state index contributed by atoms with van der Waals surface area (Å²) in [4.78, 5) is 66.9. The predicted octanol–water partition coefficient (Wildman–Crippen LogP) is 6.79. The molecule has 2 saturated heterocycles. The molecule has 2 unspecified atom stereocenters. The summed E-state index contributed by atoms with van der Waals surface area (Å²) in [5.41, 5.74) is 7.31. The van der Waals surface area contributed by atoms with Crippen LogP contribution in [-0.4, -0.2) is 90.2 Å². The molecule has 4 aliphatic rings. The number of nitrogens with one attached hydrogen (secondary N) is 3. The van der Waals surface area contributed by atoms with Crippen LogP contribution in [0.4, 0.5) is 19.4 Å². The molecule has 2 atom stereocenters. The molecule has 1 aromatic heterocycles. The first-order valence-corrected chi connectivity index (χ1v) is 23.4. The molecule has 5 aromatic rings. The molecule has 0 radical (unpaired) electrons. The molecule has 0 spiro atoms. The zero-order valence-corrected chi connectivity index (χ0v) is 38.8. The third kappa shape index (κ3) is 8.50. The maximum Gasteiger partial charge on any atom is 0.329 e. The van der Waals surface area contributed by atoms with E-state index in [1.165, 1.54) is 30.2 Å². The number of likely N-dealkylation sites (tertiary alicyclic amines) is 1. The lowest BCUT2D eigenvalue weighted by atomic mass is 9.77. The first-order valence-electron chi connectivity index (χ1n) is 23.0. The summed E-state index contributed by atoms with van der Waals surface area (Å²) >= 11 is 6.67. The van der Waals surface area contributed by atoms with Crippen LogP contribution in [0.25, 0.3) is 22.0 Å². The normalized spacial score (nSPS) is 21.9. The van der Waals surface area contributed by atoms with Gasteiger partial charge in [-0.25, -0.2) is 13.6 Å². The highest BCUT2D eigenvalue weighted by atomic mass is 35.5. The summed E-state index contributed by atoms with van der Waals surface area (Å²) in [5.74, 6) is -3.37. The maximum atomic E-state index is 16.2. The zero-order chi connectivity index (χ0) is 48.0. The number of carbonyl (C=O) groups is 5. The second-order valence-corrected chi connectivity index (χ2v) is 18.6. The van der Waals surface area contributed by atoms with Gasteiger partial charge in [0, 0.05) is 85.7 Å². The first-order chi connectivity index (χ1) is 32.7. The average molecular weight is 951 g/mol. The average Bonchev–Trinajstić information content (AvgIpc) is 3.82. The summed E-state index contributed by atoms with van der Waals surface area (Å²) in [5, 5.41) is 14.0. The highest BCUT2D eigenvalue weighted by Gasteiger charge is 2.50. The van der Waals surface area contributed by atoms with Gasteiger partial charge in [0.2, 0.25) is 23.6 Å². The smallest absolute Gasteiger partial charge is 0.329 e. The highest BCUT2D eigenvalue weighted by Crippen LogP contribution is 2.56. The van der Waals surface area contributed by atoms with E-state index in [0.29, 0.717) is 50.2 Å². The molecular weight excluding hydrogens is 898 g/mol. The number of methoxy groups -OCH3 is 1. The van der Waals surface area contributed by atoms with Crippen molar-refractivity contribution >= 4 is 58.0 Å². The topological polar surface area (TPSA) is 190 Å². The fourth-order valence-electron chi connectivity index (χ4n) is 10.6. The SMILES string of the molecule is COc1ccc(C(N)=O)c(-c2c(Cl)c(F)cc3c2C(C)C(CNC2CCC(C(=O)NCC(=O)N4CCC(c5ccc6c(N7CCC(=O)NC7=O)nn(C)c6c5)CC4)CC2)(c2ccccc2)O3)c1F. The Bertz CT molecular complexity index is 2830. The van der Waals surface area contributed by atoms with Crippen LogP contribution in [-0.2, 0) is 27.0 Å². The number of piperidine rings is 1. The van der Waals surface area contributed by atoms with Crippen molar-refractivity contribution in [3.05, 3.63) is 106 Å². The number of aromatic nitrogens is 2. The molecule has 3 fully saturated rings. The van der Waals surface area contributed by atoms with Crippen LogP contribution >= 0.6 is 11.6 Å². The van der Waals surface area contributed by atoms with Gasteiger partial charge in [0.15, 0.2) is 23.0 Å². The molecule has 3 aliphatic heterocycles. The van der Waals surface area contributed by atoms with Gasteiger partial charge in [0.25, 0.3) is 0 Å². The number of hydrogen-bond acceptors (Lipinski definition) is 9. The third-order valence-corrected chi connectivity index (χ3v) is 14.8. The van der Waals surface area contributed by atoms with Crippen molar-refractivity contribution in [2.45, 2.75) is 75.3 Å². The van der Waals surface area contributed by atoms with Gasteiger partial charge >= 0.3 is 6.03 Å². The van der Waals surface area contributed by atoms with Gasteiger partial charge in [-0.15, -0.1) is 0 Å². The Morgan fingerprint density at radius 2 is 1.71 bits per heavy atom.